The van der Waals surface area contributed by atoms with Gasteiger partial charge in [-0.1, -0.05) is 11.8 Å². The lowest BCUT2D eigenvalue weighted by Gasteiger charge is -2.48. The first-order valence-electron chi connectivity index (χ1n) is 14.2. The van der Waals surface area contributed by atoms with E-state index in [4.69, 9.17) is 47.4 Å². The van der Waals surface area contributed by atoms with Gasteiger partial charge in [-0.25, -0.2) is 0 Å². The maximum absolute atomic E-state index is 12.3. The summed E-state index contributed by atoms with van der Waals surface area (Å²) in [6, 6.07) is 0. The fraction of sp³-hybridized carbons (Fsp3) is 0.714. The van der Waals surface area contributed by atoms with Gasteiger partial charge in [0.25, 0.3) is 0 Å². The highest BCUT2D eigenvalue weighted by molar-refractivity contribution is 8.14. The number of thioether (sulfide) groups is 1. The molecule has 0 N–H and O–H groups in total. The van der Waals surface area contributed by atoms with Gasteiger partial charge < -0.3 is 47.4 Å². The summed E-state index contributed by atoms with van der Waals surface area (Å²) in [5, 5.41) is -0.473. The Morgan fingerprint density at radius 3 is 1.28 bits per heavy atom. The Labute approximate surface area is 273 Å². The van der Waals surface area contributed by atoms with Crippen molar-refractivity contribution in [2.24, 2.45) is 0 Å². The van der Waals surface area contributed by atoms with Crippen molar-refractivity contribution in [3.63, 3.8) is 0 Å². The van der Waals surface area contributed by atoms with Crippen molar-refractivity contribution in [3.8, 4) is 0 Å². The standard InChI is InChI=1S/C28H38O18S/c1-11(29)37-9-19-21(39-13(3)31)23(40-14(4)32)25(42-16(6)34)27(44-19)46-22-20(10-38-12(2)30)45-28(47-18(8)36)26(43-17(7)35)24(22)41-15(5)33/h19-28H,9-10H2,1-8H3/t19-,20-,21-,22-,23+,24+,25-,26-,27-,28+/m1/s1. The van der Waals surface area contributed by atoms with Crippen molar-refractivity contribution in [2.45, 2.75) is 116 Å². The molecule has 19 heteroatoms. The number of hydrogen-bond acceptors (Lipinski definition) is 19. The Morgan fingerprint density at radius 2 is 0.851 bits per heavy atom. The minimum Gasteiger partial charge on any atom is -0.463 e. The van der Waals surface area contributed by atoms with Crippen LogP contribution in [0.2, 0.25) is 0 Å². The molecule has 2 heterocycles. The van der Waals surface area contributed by atoms with Crippen molar-refractivity contribution in [2.75, 3.05) is 13.2 Å². The number of ether oxygens (including phenoxy) is 10. The first-order valence-corrected chi connectivity index (χ1v) is 15.0. The Balaban J connectivity index is 2.73. The largest absolute Gasteiger partial charge is 0.463 e. The van der Waals surface area contributed by atoms with Crippen LogP contribution in [0.3, 0.4) is 0 Å². The zero-order chi connectivity index (χ0) is 35.6. The number of esters is 7. The van der Waals surface area contributed by atoms with Gasteiger partial charge in [-0.3, -0.25) is 38.4 Å². The Kier molecular flexibility index (Phi) is 15.0. The van der Waals surface area contributed by atoms with Crippen LogP contribution in [0.4, 0.5) is 0 Å². The van der Waals surface area contributed by atoms with Crippen LogP contribution >= 0.6 is 11.8 Å². The molecule has 0 spiro atoms. The third-order valence-electron chi connectivity index (χ3n) is 6.17. The monoisotopic (exact) mass is 694 g/mol. The summed E-state index contributed by atoms with van der Waals surface area (Å²) in [6.45, 7) is 7.47. The van der Waals surface area contributed by atoms with Gasteiger partial charge in [0.2, 0.25) is 0 Å². The van der Waals surface area contributed by atoms with Crippen LogP contribution in [-0.4, -0.2) is 121 Å². The smallest absolute Gasteiger partial charge is 0.303 e. The van der Waals surface area contributed by atoms with Crippen LogP contribution in [0.5, 0.6) is 0 Å². The molecule has 0 unspecified atom stereocenters. The normalized spacial score (nSPS) is 30.1. The Hall–Kier alpha value is -3.81. The highest BCUT2D eigenvalue weighted by Crippen LogP contribution is 2.37. The first-order chi connectivity index (χ1) is 21.9. The first kappa shape index (κ1) is 39.4. The van der Waals surface area contributed by atoms with Gasteiger partial charge in [-0.05, 0) is 0 Å². The van der Waals surface area contributed by atoms with E-state index in [1.807, 2.05) is 0 Å². The van der Waals surface area contributed by atoms with Gasteiger partial charge in [0.05, 0.1) is 0 Å². The number of rotatable bonds is 12. The fourth-order valence-corrected chi connectivity index (χ4v) is 5.60. The average Bonchev–Trinajstić information content (AvgIpc) is 2.91. The van der Waals surface area contributed by atoms with Gasteiger partial charge in [-0.15, -0.1) is 0 Å². The highest BCUT2D eigenvalue weighted by atomic mass is 32.2. The molecule has 0 aromatic rings. The van der Waals surface area contributed by atoms with Crippen molar-refractivity contribution in [3.05, 3.63) is 0 Å². The second-order valence-corrected chi connectivity index (χ2v) is 11.5. The predicted octanol–water partition coefficient (Wildman–Crippen LogP) is -0.114. The van der Waals surface area contributed by atoms with E-state index in [0.29, 0.717) is 11.8 Å². The lowest BCUT2D eigenvalue weighted by Crippen LogP contribution is -2.66. The van der Waals surface area contributed by atoms with E-state index in [2.05, 4.69) is 0 Å². The molecule has 18 nitrogen and oxygen atoms in total. The molecule has 2 aliphatic rings. The van der Waals surface area contributed by atoms with Gasteiger partial charge in [0, 0.05) is 55.4 Å². The number of hydrogen-bond donors (Lipinski definition) is 0. The van der Waals surface area contributed by atoms with E-state index in [1.54, 1.807) is 0 Å². The van der Waals surface area contributed by atoms with Gasteiger partial charge in [0.15, 0.2) is 47.4 Å². The van der Waals surface area contributed by atoms with Crippen LogP contribution in [0.25, 0.3) is 0 Å². The predicted molar refractivity (Wildman–Crippen MR) is 152 cm³/mol. The third kappa shape index (κ3) is 12.4. The molecular formula is C28H38O18S. The van der Waals surface area contributed by atoms with E-state index in [1.165, 1.54) is 6.92 Å². The SMILES string of the molecule is CC(=O)OC[C@H]1O[C@@H](SC(C)=O)[C@H](OC(C)=O)[C@@H](OC(C)=O)[C@@H]1O[C@H]1O[C@H](COC(C)=O)[C@@H](OC(C)=O)[C@H](OC(C)=O)[C@H]1OC(C)=O. The maximum Gasteiger partial charge on any atom is 0.303 e. The summed E-state index contributed by atoms with van der Waals surface area (Å²) in [5.41, 5.74) is -1.29. The van der Waals surface area contributed by atoms with Crippen molar-refractivity contribution >= 4 is 58.7 Å². The van der Waals surface area contributed by atoms with E-state index in [0.717, 1.165) is 48.5 Å². The van der Waals surface area contributed by atoms with E-state index in [-0.39, 0.29) is 0 Å². The van der Waals surface area contributed by atoms with E-state index < -0.39 is 121 Å². The Bertz CT molecular complexity index is 1200. The average molecular weight is 695 g/mol. The molecule has 10 atom stereocenters. The summed E-state index contributed by atoms with van der Waals surface area (Å²) < 4.78 is 55.5. The molecule has 0 aliphatic carbocycles. The second kappa shape index (κ2) is 17.9. The minimum atomic E-state index is -1.79. The van der Waals surface area contributed by atoms with Crippen LogP contribution in [0, 0.1) is 0 Å². The molecule has 0 saturated carbocycles. The summed E-state index contributed by atoms with van der Waals surface area (Å²) in [5.74, 6) is -5.93. The van der Waals surface area contributed by atoms with Gasteiger partial charge >= 0.3 is 41.8 Å². The molecule has 0 aromatic carbocycles. The second-order valence-electron chi connectivity index (χ2n) is 10.3. The number of carbonyl (C=O) groups is 8. The van der Waals surface area contributed by atoms with E-state index in [9.17, 15) is 38.4 Å². The molecule has 2 aliphatic heterocycles. The lowest BCUT2D eigenvalue weighted by molar-refractivity contribution is -0.341. The summed E-state index contributed by atoms with van der Waals surface area (Å²) >= 11 is 0.594. The van der Waals surface area contributed by atoms with E-state index >= 15 is 0 Å². The molecule has 2 fully saturated rings. The van der Waals surface area contributed by atoms with Crippen molar-refractivity contribution in [1.29, 1.82) is 0 Å². The fourth-order valence-electron chi connectivity index (χ4n) is 4.73. The van der Waals surface area contributed by atoms with Crippen LogP contribution < -0.4 is 0 Å². The Morgan fingerprint density at radius 1 is 0.468 bits per heavy atom. The lowest BCUT2D eigenvalue weighted by atomic mass is 9.96. The quantitative estimate of drug-likeness (QED) is 0.192. The number of carbonyl (C=O) groups excluding carboxylic acids is 8. The van der Waals surface area contributed by atoms with Gasteiger partial charge in [-0.2, -0.15) is 0 Å². The highest BCUT2D eigenvalue weighted by Gasteiger charge is 2.57. The molecule has 2 rings (SSSR count). The summed E-state index contributed by atoms with van der Waals surface area (Å²) in [6.07, 6.45) is -14.0. The zero-order valence-electron chi connectivity index (χ0n) is 26.9. The molecule has 0 bridgehead atoms. The van der Waals surface area contributed by atoms with Crippen LogP contribution in [0.1, 0.15) is 55.4 Å². The molecule has 47 heavy (non-hydrogen) atoms. The molecule has 2 saturated heterocycles. The molecule has 264 valence electrons. The molecular weight excluding hydrogens is 656 g/mol. The van der Waals surface area contributed by atoms with Crippen molar-refractivity contribution in [1.82, 2.24) is 0 Å². The zero-order valence-corrected chi connectivity index (χ0v) is 27.8. The summed E-state index contributed by atoms with van der Waals surface area (Å²) in [7, 11) is 0. The van der Waals surface area contributed by atoms with Crippen LogP contribution in [0.15, 0.2) is 0 Å². The van der Waals surface area contributed by atoms with Gasteiger partial charge in [0.1, 0.15) is 31.5 Å². The van der Waals surface area contributed by atoms with Crippen molar-refractivity contribution < 1.29 is 85.7 Å². The summed E-state index contributed by atoms with van der Waals surface area (Å²) in [4.78, 5) is 96.6. The molecule has 0 radical (unpaired) electrons. The molecule has 0 aromatic heterocycles. The molecule has 0 amide bonds. The third-order valence-corrected chi connectivity index (χ3v) is 7.11. The van der Waals surface area contributed by atoms with Crippen LogP contribution in [-0.2, 0) is 85.7 Å². The maximum atomic E-state index is 12.3. The topological polar surface area (TPSA) is 229 Å². The minimum absolute atomic E-state index is 0.473.